The lowest BCUT2D eigenvalue weighted by molar-refractivity contribution is -0.139. The zero-order valence-corrected chi connectivity index (χ0v) is 21.8. The molecule has 0 unspecified atom stereocenters. The molecule has 33 heavy (non-hydrogen) atoms. The second-order valence-corrected chi connectivity index (χ2v) is 8.46. The molecule has 0 aliphatic rings. The number of methoxy groups -OCH3 is 2. The average molecular weight is 673 g/mol. The van der Waals surface area contributed by atoms with Crippen LogP contribution in [0.5, 0.6) is 11.5 Å². The first-order valence-electron chi connectivity index (χ1n) is 8.58. The van der Waals surface area contributed by atoms with Crippen LogP contribution in [0.15, 0.2) is 33.2 Å². The number of halogens is 9. The molecule has 0 amide bonds. The largest absolute Gasteiger partial charge is 0.495 e. The normalized spacial score (nSPS) is 11.4. The van der Waals surface area contributed by atoms with Gasteiger partial charge in [0.15, 0.2) is 11.6 Å². The van der Waals surface area contributed by atoms with E-state index < -0.39 is 35.0 Å². The highest BCUT2D eigenvalue weighted by Crippen LogP contribution is 2.42. The predicted molar refractivity (Wildman–Crippen MR) is 120 cm³/mol. The fourth-order valence-corrected chi connectivity index (χ4v) is 4.03. The first kappa shape index (κ1) is 29.4. The summed E-state index contributed by atoms with van der Waals surface area (Å²) in [6.07, 6.45) is -9.13. The van der Waals surface area contributed by atoms with Crippen molar-refractivity contribution in [2.45, 2.75) is 19.3 Å². The summed E-state index contributed by atoms with van der Waals surface area (Å²) in [6, 6.07) is 4.17. The Bertz CT molecular complexity index is 1040. The average Bonchev–Trinajstić information content (AvgIpc) is 2.70. The highest BCUT2D eigenvalue weighted by Gasteiger charge is 2.37. The SMILES string of the molecule is COc1c(Br)cc(C(=O)CBr)cc1C(F)(F)F.COc1c(Br)cc(C(C)=O)cc1C(F)(F)F. The smallest absolute Gasteiger partial charge is 0.420 e. The highest BCUT2D eigenvalue weighted by atomic mass is 79.9. The van der Waals surface area contributed by atoms with E-state index in [4.69, 9.17) is 0 Å². The van der Waals surface area contributed by atoms with E-state index in [1.54, 1.807) is 0 Å². The van der Waals surface area contributed by atoms with Gasteiger partial charge in [-0.25, -0.2) is 0 Å². The van der Waals surface area contributed by atoms with Crippen LogP contribution >= 0.6 is 47.8 Å². The maximum Gasteiger partial charge on any atom is 0.420 e. The molecule has 0 aromatic heterocycles. The third-order valence-electron chi connectivity index (χ3n) is 3.96. The molecule has 2 aromatic carbocycles. The summed E-state index contributed by atoms with van der Waals surface area (Å²) in [6.45, 7) is 1.20. The lowest BCUT2D eigenvalue weighted by Gasteiger charge is -2.14. The molecule has 2 aromatic rings. The van der Waals surface area contributed by atoms with Gasteiger partial charge < -0.3 is 9.47 Å². The Morgan fingerprint density at radius 3 is 1.45 bits per heavy atom. The standard InChI is InChI=1S/C10H7Br2F3O2.C10H8BrF3O2/c1-17-9-6(10(13,14)15)2-5(3-7(9)12)8(16)4-11;1-5(15)6-3-7(10(12,13)14)9(16-2)8(11)4-6/h2-3H,4H2,1H3;3-4H,1-2H3. The summed E-state index contributed by atoms with van der Waals surface area (Å²) < 4.78 is 85.7. The number of ether oxygens (including phenoxy) is 2. The summed E-state index contributed by atoms with van der Waals surface area (Å²) in [5.41, 5.74) is -1.98. The molecule has 0 saturated heterocycles. The molecule has 0 spiro atoms. The van der Waals surface area contributed by atoms with E-state index in [-0.39, 0.29) is 36.9 Å². The molecule has 0 heterocycles. The van der Waals surface area contributed by atoms with Gasteiger partial charge in [-0.1, -0.05) is 15.9 Å². The molecular weight excluding hydrogens is 658 g/mol. The van der Waals surface area contributed by atoms with E-state index in [0.717, 1.165) is 26.4 Å². The number of ketones is 2. The van der Waals surface area contributed by atoms with Crippen molar-refractivity contribution < 1.29 is 45.4 Å². The molecule has 2 rings (SSSR count). The van der Waals surface area contributed by atoms with Crippen molar-refractivity contribution in [1.29, 1.82) is 0 Å². The van der Waals surface area contributed by atoms with Gasteiger partial charge in [0.05, 0.1) is 39.6 Å². The molecule has 0 fully saturated rings. The second-order valence-electron chi connectivity index (χ2n) is 6.19. The summed E-state index contributed by atoms with van der Waals surface area (Å²) >= 11 is 8.81. The van der Waals surface area contributed by atoms with Crippen molar-refractivity contribution in [3.8, 4) is 11.5 Å². The van der Waals surface area contributed by atoms with Crippen molar-refractivity contribution in [3.63, 3.8) is 0 Å². The number of alkyl halides is 7. The first-order valence-corrected chi connectivity index (χ1v) is 11.3. The Morgan fingerprint density at radius 2 is 1.15 bits per heavy atom. The molecule has 0 N–H and O–H groups in total. The monoisotopic (exact) mass is 670 g/mol. The third-order valence-corrected chi connectivity index (χ3v) is 5.64. The quantitative estimate of drug-likeness (QED) is 0.185. The van der Waals surface area contributed by atoms with Gasteiger partial charge in [0.1, 0.15) is 11.5 Å². The van der Waals surface area contributed by atoms with Crippen molar-refractivity contribution in [2.75, 3.05) is 19.5 Å². The topological polar surface area (TPSA) is 52.6 Å². The van der Waals surface area contributed by atoms with Gasteiger partial charge in [-0.2, -0.15) is 26.3 Å². The number of Topliss-reactive ketones (excluding diaryl/α,β-unsaturated/α-hetero) is 2. The van der Waals surface area contributed by atoms with Gasteiger partial charge in [-0.05, 0) is 63.0 Å². The van der Waals surface area contributed by atoms with Crippen LogP contribution < -0.4 is 9.47 Å². The lowest BCUT2D eigenvalue weighted by Crippen LogP contribution is -2.11. The molecule has 0 aliphatic carbocycles. The van der Waals surface area contributed by atoms with Crippen LogP contribution in [0.1, 0.15) is 38.8 Å². The first-order chi connectivity index (χ1) is 15.1. The molecule has 182 valence electrons. The van der Waals surface area contributed by atoms with Gasteiger partial charge in [0, 0.05) is 11.1 Å². The predicted octanol–water partition coefficient (Wildman–Crippen LogP) is 7.73. The molecule has 0 atom stereocenters. The fourth-order valence-electron chi connectivity index (χ4n) is 2.46. The third kappa shape index (κ3) is 7.71. The van der Waals surface area contributed by atoms with Gasteiger partial charge >= 0.3 is 12.4 Å². The summed E-state index contributed by atoms with van der Waals surface area (Å²) in [7, 11) is 2.28. The summed E-state index contributed by atoms with van der Waals surface area (Å²) in [5, 5.41) is -0.0386. The van der Waals surface area contributed by atoms with Crippen molar-refractivity contribution in [3.05, 3.63) is 55.5 Å². The fraction of sp³-hybridized carbons (Fsp3) is 0.300. The van der Waals surface area contributed by atoms with Crippen LogP contribution in [-0.2, 0) is 12.4 Å². The number of benzene rings is 2. The second kappa shape index (κ2) is 11.7. The molecule has 13 heteroatoms. The van der Waals surface area contributed by atoms with E-state index >= 15 is 0 Å². The van der Waals surface area contributed by atoms with E-state index in [1.165, 1.54) is 19.1 Å². The number of carbonyl (C=O) groups is 2. The number of hydrogen-bond donors (Lipinski definition) is 0. The van der Waals surface area contributed by atoms with Gasteiger partial charge in [0.25, 0.3) is 0 Å². The van der Waals surface area contributed by atoms with Crippen LogP contribution in [-0.4, -0.2) is 31.1 Å². The Balaban J connectivity index is 0.000000331. The minimum absolute atomic E-state index is 0.0139. The maximum atomic E-state index is 12.7. The van der Waals surface area contributed by atoms with Crippen LogP contribution in [0.4, 0.5) is 26.3 Å². The zero-order valence-electron chi connectivity index (χ0n) is 17.1. The Labute approximate surface area is 210 Å². The minimum atomic E-state index is -4.57. The molecule has 0 radical (unpaired) electrons. The van der Waals surface area contributed by atoms with E-state index in [0.29, 0.717) is 0 Å². The molecular formula is C20H15Br3F6O4. The number of hydrogen-bond acceptors (Lipinski definition) is 4. The van der Waals surface area contributed by atoms with Crippen LogP contribution in [0, 0.1) is 0 Å². The zero-order chi connectivity index (χ0) is 25.7. The minimum Gasteiger partial charge on any atom is -0.495 e. The van der Waals surface area contributed by atoms with Crippen molar-refractivity contribution >= 4 is 59.4 Å². The van der Waals surface area contributed by atoms with Crippen LogP contribution in [0.25, 0.3) is 0 Å². The Kier molecular flexibility index (Phi) is 10.4. The van der Waals surface area contributed by atoms with Crippen LogP contribution in [0.2, 0.25) is 0 Å². The Hall–Kier alpha value is -1.60. The molecule has 0 saturated carbocycles. The summed E-state index contributed by atoms with van der Waals surface area (Å²) in [5.74, 6) is -1.52. The van der Waals surface area contributed by atoms with Crippen LogP contribution in [0.3, 0.4) is 0 Å². The van der Waals surface area contributed by atoms with Crippen molar-refractivity contribution in [1.82, 2.24) is 0 Å². The lowest BCUT2D eigenvalue weighted by atomic mass is 10.1. The van der Waals surface area contributed by atoms with Gasteiger partial charge in [0.2, 0.25) is 0 Å². The van der Waals surface area contributed by atoms with Gasteiger partial charge in [-0.3, -0.25) is 9.59 Å². The van der Waals surface area contributed by atoms with E-state index in [1.807, 2.05) is 0 Å². The molecule has 4 nitrogen and oxygen atoms in total. The van der Waals surface area contributed by atoms with Gasteiger partial charge in [-0.15, -0.1) is 0 Å². The maximum absolute atomic E-state index is 12.7. The Morgan fingerprint density at radius 1 is 0.788 bits per heavy atom. The summed E-state index contributed by atoms with van der Waals surface area (Å²) in [4.78, 5) is 22.4. The van der Waals surface area contributed by atoms with Crippen molar-refractivity contribution in [2.24, 2.45) is 0 Å². The highest BCUT2D eigenvalue weighted by molar-refractivity contribution is 9.11. The van der Waals surface area contributed by atoms with E-state index in [9.17, 15) is 35.9 Å². The van der Waals surface area contributed by atoms with E-state index in [2.05, 4.69) is 57.3 Å². The molecule has 0 bridgehead atoms. The number of carbonyl (C=O) groups excluding carboxylic acids is 2. The molecule has 0 aliphatic heterocycles. The number of rotatable bonds is 5.